The van der Waals surface area contributed by atoms with Crippen LogP contribution in [0.1, 0.15) is 12.8 Å². The summed E-state index contributed by atoms with van der Waals surface area (Å²) in [5.41, 5.74) is 1.24. The molecule has 0 unspecified atom stereocenters. The van der Waals surface area contributed by atoms with Crippen molar-refractivity contribution in [2.45, 2.75) is 19.4 Å². The van der Waals surface area contributed by atoms with Crippen molar-refractivity contribution in [3.8, 4) is 5.75 Å². The predicted octanol–water partition coefficient (Wildman–Crippen LogP) is 2.30. The van der Waals surface area contributed by atoms with Gasteiger partial charge in [-0.2, -0.15) is 4.57 Å². The zero-order valence-corrected chi connectivity index (χ0v) is 8.65. The number of aryl methyl sites for hydroxylation is 1. The third kappa shape index (κ3) is 1.46. The summed E-state index contributed by atoms with van der Waals surface area (Å²) in [7, 11) is 0. The summed E-state index contributed by atoms with van der Waals surface area (Å²) >= 11 is 0. The van der Waals surface area contributed by atoms with Crippen molar-refractivity contribution < 1.29 is 9.30 Å². The molecule has 15 heavy (non-hydrogen) atoms. The Kier molecular flexibility index (Phi) is 2.05. The van der Waals surface area contributed by atoms with Gasteiger partial charge in [0.15, 0.2) is 11.9 Å². The number of pyridine rings is 1. The van der Waals surface area contributed by atoms with Crippen molar-refractivity contribution in [3.63, 3.8) is 0 Å². The van der Waals surface area contributed by atoms with Gasteiger partial charge in [0, 0.05) is 12.5 Å². The van der Waals surface area contributed by atoms with Crippen LogP contribution in [0.25, 0.3) is 10.9 Å². The van der Waals surface area contributed by atoms with Gasteiger partial charge in [-0.15, -0.1) is 0 Å². The van der Waals surface area contributed by atoms with Gasteiger partial charge in [0.1, 0.15) is 6.54 Å². The molecule has 0 spiro atoms. The first-order chi connectivity index (χ1) is 7.45. The Morgan fingerprint density at radius 1 is 1.07 bits per heavy atom. The largest absolute Gasteiger partial charge is 0.487 e. The van der Waals surface area contributed by atoms with Gasteiger partial charge in [-0.25, -0.2) is 0 Å². The summed E-state index contributed by atoms with van der Waals surface area (Å²) < 4.78 is 8.08. The van der Waals surface area contributed by atoms with E-state index in [2.05, 4.69) is 41.1 Å². The van der Waals surface area contributed by atoms with E-state index in [4.69, 9.17) is 4.74 Å². The molecule has 2 heterocycles. The second-order valence-corrected chi connectivity index (χ2v) is 3.95. The Labute approximate surface area is 89.1 Å². The monoisotopic (exact) mass is 200 g/mol. The van der Waals surface area contributed by atoms with Crippen LogP contribution in [0.3, 0.4) is 0 Å². The predicted molar refractivity (Wildman–Crippen MR) is 58.9 cm³/mol. The third-order valence-corrected chi connectivity index (χ3v) is 2.91. The van der Waals surface area contributed by atoms with Gasteiger partial charge in [-0.3, -0.25) is 0 Å². The Morgan fingerprint density at radius 3 is 3.00 bits per heavy atom. The van der Waals surface area contributed by atoms with Gasteiger partial charge in [0.2, 0.25) is 0 Å². The maximum absolute atomic E-state index is 5.78. The zero-order chi connectivity index (χ0) is 10.1. The summed E-state index contributed by atoms with van der Waals surface area (Å²) in [5, 5.41) is 1.26. The van der Waals surface area contributed by atoms with E-state index in [1.807, 2.05) is 0 Å². The second-order valence-electron chi connectivity index (χ2n) is 3.95. The molecular weight excluding hydrogens is 186 g/mol. The number of hydrogen-bond donors (Lipinski definition) is 0. The molecule has 0 saturated heterocycles. The molecule has 1 aromatic carbocycles. The van der Waals surface area contributed by atoms with Crippen LogP contribution >= 0.6 is 0 Å². The molecule has 0 fully saturated rings. The summed E-state index contributed by atoms with van der Waals surface area (Å²) in [5.74, 6) is 1.02. The molecule has 3 rings (SSSR count). The molecule has 0 atom stereocenters. The van der Waals surface area contributed by atoms with E-state index in [9.17, 15) is 0 Å². The molecule has 0 amide bonds. The fourth-order valence-electron chi connectivity index (χ4n) is 2.18. The normalized spacial score (nSPS) is 15.5. The van der Waals surface area contributed by atoms with Crippen molar-refractivity contribution >= 4 is 10.9 Å². The van der Waals surface area contributed by atoms with Gasteiger partial charge in [-0.05, 0) is 24.6 Å². The molecule has 0 bridgehead atoms. The highest BCUT2D eigenvalue weighted by Crippen LogP contribution is 2.23. The van der Waals surface area contributed by atoms with Crippen LogP contribution in [0.15, 0.2) is 36.5 Å². The number of para-hydroxylation sites is 1. The van der Waals surface area contributed by atoms with Crippen molar-refractivity contribution in [2.24, 2.45) is 0 Å². The first-order valence-electron chi connectivity index (χ1n) is 5.49. The highest BCUT2D eigenvalue weighted by molar-refractivity contribution is 5.81. The second kappa shape index (κ2) is 3.54. The lowest BCUT2D eigenvalue weighted by molar-refractivity contribution is -0.672. The number of nitrogens with zero attached hydrogens (tertiary/aromatic N) is 1. The molecule has 1 aromatic heterocycles. The molecular formula is C13H14NO+. The molecule has 0 saturated carbocycles. The summed E-state index contributed by atoms with van der Waals surface area (Å²) in [6, 6.07) is 10.5. The van der Waals surface area contributed by atoms with Gasteiger partial charge in [-0.1, -0.05) is 6.07 Å². The highest BCUT2D eigenvalue weighted by atomic mass is 16.5. The van der Waals surface area contributed by atoms with Crippen LogP contribution < -0.4 is 9.30 Å². The molecule has 76 valence electrons. The number of hydrogen-bond acceptors (Lipinski definition) is 1. The maximum atomic E-state index is 5.78. The van der Waals surface area contributed by atoms with E-state index in [0.29, 0.717) is 0 Å². The Bertz CT molecular complexity index is 452. The van der Waals surface area contributed by atoms with E-state index in [-0.39, 0.29) is 0 Å². The molecule has 0 aliphatic carbocycles. The Morgan fingerprint density at radius 2 is 2.00 bits per heavy atom. The summed E-state index contributed by atoms with van der Waals surface area (Å²) in [6.07, 6.45) is 4.47. The molecule has 0 N–H and O–H groups in total. The van der Waals surface area contributed by atoms with Crippen LogP contribution in [-0.2, 0) is 6.54 Å². The fraction of sp³-hybridized carbons (Fsp3) is 0.308. The van der Waals surface area contributed by atoms with Gasteiger partial charge in [0.05, 0.1) is 12.0 Å². The average Bonchev–Trinajstić information content (AvgIpc) is 2.25. The van der Waals surface area contributed by atoms with E-state index in [1.165, 1.54) is 17.3 Å². The standard InChI is InChI=1S/C13H14NO/c1-2-10-15-12-7-3-5-11-6-4-9-14(8-1)13(11)12/h3-7,9H,1-2,8,10H2/q+1. The van der Waals surface area contributed by atoms with Crippen LogP contribution in [0.4, 0.5) is 0 Å². The van der Waals surface area contributed by atoms with E-state index >= 15 is 0 Å². The molecule has 1 aliphatic heterocycles. The van der Waals surface area contributed by atoms with Crippen LogP contribution in [0, 0.1) is 0 Å². The van der Waals surface area contributed by atoms with Crippen LogP contribution in [0.2, 0.25) is 0 Å². The minimum atomic E-state index is 0.841. The smallest absolute Gasteiger partial charge is 0.254 e. The summed E-state index contributed by atoms with van der Waals surface area (Å²) in [6.45, 7) is 1.94. The first kappa shape index (κ1) is 8.72. The lowest BCUT2D eigenvalue weighted by Gasteiger charge is -2.11. The molecule has 2 nitrogen and oxygen atoms in total. The fourth-order valence-corrected chi connectivity index (χ4v) is 2.18. The SMILES string of the molecule is c1cc2c3c(c1)ccc[n+]3CCCCO2. The highest BCUT2D eigenvalue weighted by Gasteiger charge is 2.16. The lowest BCUT2D eigenvalue weighted by atomic mass is 10.1. The van der Waals surface area contributed by atoms with Crippen molar-refractivity contribution in [3.05, 3.63) is 36.5 Å². The number of benzene rings is 1. The molecule has 2 heteroatoms. The zero-order valence-electron chi connectivity index (χ0n) is 8.65. The van der Waals surface area contributed by atoms with Gasteiger partial charge >= 0.3 is 0 Å². The van der Waals surface area contributed by atoms with Crippen LogP contribution in [0.5, 0.6) is 5.75 Å². The van der Waals surface area contributed by atoms with Crippen LogP contribution in [-0.4, -0.2) is 6.61 Å². The minimum Gasteiger partial charge on any atom is -0.487 e. The van der Waals surface area contributed by atoms with Gasteiger partial charge in [0.25, 0.3) is 5.52 Å². The van der Waals surface area contributed by atoms with E-state index < -0.39 is 0 Å². The minimum absolute atomic E-state index is 0.841. The molecule has 2 aromatic rings. The Balaban J connectivity index is 2.32. The maximum Gasteiger partial charge on any atom is 0.254 e. The third-order valence-electron chi connectivity index (χ3n) is 2.91. The summed E-state index contributed by atoms with van der Waals surface area (Å²) in [4.78, 5) is 0. The van der Waals surface area contributed by atoms with Crippen molar-refractivity contribution in [1.82, 2.24) is 0 Å². The Hall–Kier alpha value is -1.57. The first-order valence-corrected chi connectivity index (χ1v) is 5.49. The average molecular weight is 200 g/mol. The lowest BCUT2D eigenvalue weighted by Crippen LogP contribution is -2.35. The quantitative estimate of drug-likeness (QED) is 0.595. The molecule has 1 aliphatic rings. The van der Waals surface area contributed by atoms with Gasteiger partial charge < -0.3 is 4.74 Å². The number of rotatable bonds is 0. The number of ether oxygens (including phenoxy) is 1. The topological polar surface area (TPSA) is 13.1 Å². The van der Waals surface area contributed by atoms with E-state index in [1.54, 1.807) is 0 Å². The van der Waals surface area contributed by atoms with Crippen molar-refractivity contribution in [2.75, 3.05) is 6.61 Å². The van der Waals surface area contributed by atoms with E-state index in [0.717, 1.165) is 25.3 Å². The molecule has 0 radical (unpaired) electrons. The van der Waals surface area contributed by atoms with Crippen molar-refractivity contribution in [1.29, 1.82) is 0 Å². The number of aromatic nitrogens is 1.